The molecule has 10 heteroatoms. The summed E-state index contributed by atoms with van der Waals surface area (Å²) in [5.41, 5.74) is 11.7. The van der Waals surface area contributed by atoms with Gasteiger partial charge in [0.05, 0.1) is 25.0 Å². The van der Waals surface area contributed by atoms with Gasteiger partial charge in [-0.25, -0.2) is 17.6 Å². The molecule has 1 aromatic carbocycles. The Balaban J connectivity index is 0.00000264. The first kappa shape index (κ1) is 19.1. The van der Waals surface area contributed by atoms with Gasteiger partial charge in [-0.15, -0.1) is 4.47 Å². The normalized spacial score (nSPS) is 11.0. The van der Waals surface area contributed by atoms with Crippen LogP contribution in [-0.2, 0) is 23.6 Å². The van der Waals surface area contributed by atoms with E-state index >= 15 is 0 Å². The molecule has 0 amide bonds. The Morgan fingerprint density at radius 1 is 1.35 bits per heavy atom. The molecule has 0 aliphatic heterocycles. The number of nitrogens with two attached hydrogens (primary N) is 2. The Morgan fingerprint density at radius 2 is 2.04 bits per heavy atom. The van der Waals surface area contributed by atoms with Crippen LogP contribution in [0.4, 0.5) is 17.1 Å². The molecule has 0 aliphatic carbocycles. The lowest BCUT2D eigenvalue weighted by Gasteiger charge is -2.18. The number of halogens is 1. The van der Waals surface area contributed by atoms with Crippen LogP contribution in [0.1, 0.15) is 6.42 Å². The van der Waals surface area contributed by atoms with Crippen LogP contribution in [0.5, 0.6) is 0 Å². The van der Waals surface area contributed by atoms with Crippen molar-refractivity contribution >= 4 is 27.1 Å². The van der Waals surface area contributed by atoms with E-state index < -0.39 is 10.0 Å². The summed E-state index contributed by atoms with van der Waals surface area (Å²) >= 11 is 0. The summed E-state index contributed by atoms with van der Waals surface area (Å²) in [4.78, 5) is 0. The van der Waals surface area contributed by atoms with E-state index in [1.165, 1.54) is 18.2 Å². The molecule has 0 aliphatic rings. The second-order valence-electron chi connectivity index (χ2n) is 5.05. The highest BCUT2D eigenvalue weighted by atomic mass is 35.5. The molecule has 0 unspecified atom stereocenters. The van der Waals surface area contributed by atoms with Gasteiger partial charge in [0.15, 0.2) is 0 Å². The van der Waals surface area contributed by atoms with Gasteiger partial charge in [0, 0.05) is 12.1 Å². The van der Waals surface area contributed by atoms with E-state index in [-0.39, 0.29) is 34.0 Å². The molecule has 0 fully saturated rings. The molecule has 2 rings (SSSR count). The third-order valence-corrected chi connectivity index (χ3v) is 4.69. The van der Waals surface area contributed by atoms with E-state index in [4.69, 9.17) is 11.5 Å². The van der Waals surface area contributed by atoms with Crippen molar-refractivity contribution < 1.29 is 30.6 Å². The van der Waals surface area contributed by atoms with Crippen LogP contribution in [0, 0.1) is 0 Å². The first-order chi connectivity index (χ1) is 10.3. The number of benzene rings is 1. The van der Waals surface area contributed by atoms with Crippen molar-refractivity contribution in [2.75, 3.05) is 21.7 Å². The quantitative estimate of drug-likeness (QED) is 0.290. The van der Waals surface area contributed by atoms with E-state index in [1.54, 1.807) is 0 Å². The summed E-state index contributed by atoms with van der Waals surface area (Å²) in [7, 11) is -1.98. The molecule has 0 atom stereocenters. The lowest BCUT2D eigenvalue weighted by Crippen LogP contribution is -3.00. The number of sulfonamides is 1. The second kappa shape index (κ2) is 7.53. The zero-order chi connectivity index (χ0) is 16.3. The number of anilines is 3. The van der Waals surface area contributed by atoms with Crippen molar-refractivity contribution in [3.05, 3.63) is 36.9 Å². The summed E-state index contributed by atoms with van der Waals surface area (Å²) in [6.07, 6.45) is 5.92. The van der Waals surface area contributed by atoms with Crippen molar-refractivity contribution in [2.24, 2.45) is 7.05 Å². The molecule has 8 nitrogen and oxygen atoms in total. The number of aryl methyl sites for hydroxylation is 2. The van der Waals surface area contributed by atoms with E-state index in [0.29, 0.717) is 18.7 Å². The number of imidazole rings is 1. The summed E-state index contributed by atoms with van der Waals surface area (Å²) < 4.78 is 28.2. The van der Waals surface area contributed by atoms with Crippen LogP contribution >= 0.6 is 0 Å². The van der Waals surface area contributed by atoms with Gasteiger partial charge in [-0.3, -0.25) is 5.21 Å². The van der Waals surface area contributed by atoms with E-state index in [9.17, 15) is 13.6 Å². The molecule has 0 spiro atoms. The van der Waals surface area contributed by atoms with Gasteiger partial charge in [0.1, 0.15) is 18.1 Å². The molecule has 0 saturated heterocycles. The van der Waals surface area contributed by atoms with Gasteiger partial charge in [-0.1, -0.05) is 0 Å². The maximum Gasteiger partial charge on any atom is 0.257 e. The van der Waals surface area contributed by atoms with Crippen molar-refractivity contribution in [2.45, 2.75) is 13.0 Å². The number of nitrogens with zero attached hydrogens (tertiary/aromatic N) is 3. The predicted octanol–water partition coefficient (Wildman–Crippen LogP) is -2.90. The first-order valence-electron chi connectivity index (χ1n) is 6.67. The molecule has 5 N–H and O–H groups in total. The molecule has 1 aromatic heterocycles. The molecule has 128 valence electrons. The lowest BCUT2D eigenvalue weighted by molar-refractivity contribution is -0.671. The van der Waals surface area contributed by atoms with Crippen LogP contribution < -0.4 is 32.9 Å². The van der Waals surface area contributed by atoms with E-state index in [2.05, 4.69) is 0 Å². The number of aromatic nitrogens is 2. The van der Waals surface area contributed by atoms with E-state index in [0.717, 1.165) is 0 Å². The SMILES string of the molecule is C[n+]1ccn(CCCS(=O)(=O)N(O)c2ccc(N)cc2N)c1.[Cl-]. The van der Waals surface area contributed by atoms with Gasteiger partial charge < -0.3 is 23.9 Å². The monoisotopic (exact) mass is 361 g/mol. The summed E-state index contributed by atoms with van der Waals surface area (Å²) in [5, 5.41) is 9.93. The third kappa shape index (κ3) is 4.75. The van der Waals surface area contributed by atoms with Gasteiger partial charge in [-0.2, -0.15) is 0 Å². The molecular formula is C13H20ClN5O3S. The predicted molar refractivity (Wildman–Crippen MR) is 83.5 cm³/mol. The zero-order valence-corrected chi connectivity index (χ0v) is 14.2. The Bertz CT molecular complexity index is 763. The van der Waals surface area contributed by atoms with Gasteiger partial charge in [0.25, 0.3) is 10.0 Å². The standard InChI is InChI=1S/C13H20N5O3S.ClH/c1-16-6-7-17(10-16)5-2-8-22(20,21)18(19)13-4-3-11(14)9-12(13)15;/h3-4,6-7,9-10,19H,2,5,8,14-15H2,1H3;1H/q+1;/p-1. The van der Waals surface area contributed by atoms with Crippen LogP contribution in [-0.4, -0.2) is 23.9 Å². The maximum absolute atomic E-state index is 12.1. The van der Waals surface area contributed by atoms with Gasteiger partial charge in [-0.05, 0) is 18.2 Å². The Hall–Kier alpha value is -1.97. The maximum atomic E-state index is 12.1. The van der Waals surface area contributed by atoms with Crippen molar-refractivity contribution in [1.82, 2.24) is 4.57 Å². The van der Waals surface area contributed by atoms with Crippen LogP contribution in [0.2, 0.25) is 0 Å². The fraction of sp³-hybridized carbons (Fsp3) is 0.308. The topological polar surface area (TPSA) is 118 Å². The number of nitrogen functional groups attached to an aromatic ring is 2. The summed E-state index contributed by atoms with van der Waals surface area (Å²) in [6, 6.07) is 4.24. The number of hydrogen-bond acceptors (Lipinski definition) is 5. The zero-order valence-electron chi connectivity index (χ0n) is 12.6. The minimum Gasteiger partial charge on any atom is -1.00 e. The minimum absolute atomic E-state index is 0. The largest absolute Gasteiger partial charge is 1.00 e. The second-order valence-corrected chi connectivity index (χ2v) is 6.97. The van der Waals surface area contributed by atoms with Crippen molar-refractivity contribution in [1.29, 1.82) is 0 Å². The Labute approximate surface area is 141 Å². The lowest BCUT2D eigenvalue weighted by atomic mass is 10.2. The fourth-order valence-corrected chi connectivity index (χ4v) is 3.18. The number of hydrogen-bond donors (Lipinski definition) is 3. The average molecular weight is 362 g/mol. The summed E-state index contributed by atoms with van der Waals surface area (Å²) in [5.74, 6) is -0.199. The van der Waals surface area contributed by atoms with Crippen molar-refractivity contribution in [3.63, 3.8) is 0 Å². The van der Waals surface area contributed by atoms with Gasteiger partial charge in [0.2, 0.25) is 6.33 Å². The highest BCUT2D eigenvalue weighted by Gasteiger charge is 2.22. The molecule has 1 heterocycles. The van der Waals surface area contributed by atoms with E-state index in [1.807, 2.05) is 34.9 Å². The molecule has 0 radical (unpaired) electrons. The Morgan fingerprint density at radius 3 is 2.61 bits per heavy atom. The molecule has 23 heavy (non-hydrogen) atoms. The Kier molecular flexibility index (Phi) is 6.25. The van der Waals surface area contributed by atoms with Crippen LogP contribution in [0.25, 0.3) is 0 Å². The third-order valence-electron chi connectivity index (χ3n) is 3.16. The van der Waals surface area contributed by atoms with Crippen LogP contribution in [0.3, 0.4) is 0 Å². The molecular weight excluding hydrogens is 342 g/mol. The number of rotatable bonds is 6. The highest BCUT2D eigenvalue weighted by molar-refractivity contribution is 7.92. The average Bonchev–Trinajstić information content (AvgIpc) is 2.83. The smallest absolute Gasteiger partial charge is 0.257 e. The molecule has 0 saturated carbocycles. The van der Waals surface area contributed by atoms with Crippen LogP contribution in [0.15, 0.2) is 36.9 Å². The minimum atomic E-state index is -3.86. The van der Waals surface area contributed by atoms with Crippen molar-refractivity contribution in [3.8, 4) is 0 Å². The fourth-order valence-electron chi connectivity index (χ4n) is 2.05. The molecule has 0 bridgehead atoms. The van der Waals surface area contributed by atoms with Gasteiger partial charge >= 0.3 is 0 Å². The summed E-state index contributed by atoms with van der Waals surface area (Å²) in [6.45, 7) is 0.533. The highest BCUT2D eigenvalue weighted by Crippen LogP contribution is 2.26. The first-order valence-corrected chi connectivity index (χ1v) is 8.28. The molecule has 2 aromatic rings.